The van der Waals surface area contributed by atoms with Crippen molar-refractivity contribution in [2.45, 2.75) is 36.8 Å². The zero-order valence-corrected chi connectivity index (χ0v) is 30.4. The maximum absolute atomic E-state index is 15.4. The Labute approximate surface area is 320 Å². The Hall–Kier alpha value is -5.35. The summed E-state index contributed by atoms with van der Waals surface area (Å²) in [6.45, 7) is -0.362. The molecule has 0 radical (unpaired) electrons. The van der Waals surface area contributed by atoms with Crippen LogP contribution < -0.4 is 14.9 Å². The van der Waals surface area contributed by atoms with Crippen molar-refractivity contribution in [2.75, 3.05) is 26.2 Å². The standard InChI is InChI=1S/C37H31Cl2F3N4O9/c1-54-25-12-19(47)13-26(55-2)29(25)30-20-7-8-21-28(34(52)45(32(21)50)10-9-27(48)49)22(20)14-23-33(51)46(35(53)36(23,30)16-3-5-18(38)6-4-16)44-31-24(39)11-17(15-43-31)37(40,41)42/h3-7,11-13,15,21-23,28,30,47H,8-10,14H2,1-2H3,(H,43,44)(H,48,49)/t21-,22+,23-,28-,30+,36+/m0/s1. The van der Waals surface area contributed by atoms with E-state index >= 15 is 4.79 Å². The van der Waals surface area contributed by atoms with Crippen LogP contribution in [0.2, 0.25) is 10.0 Å². The lowest BCUT2D eigenvalue weighted by atomic mass is 9.49. The van der Waals surface area contributed by atoms with E-state index in [4.69, 9.17) is 32.7 Å². The number of benzene rings is 2. The number of hydrogen-bond donors (Lipinski definition) is 3. The molecule has 0 bridgehead atoms. The molecule has 2 aliphatic carbocycles. The molecule has 4 amide bonds. The summed E-state index contributed by atoms with van der Waals surface area (Å²) >= 11 is 12.5. The molecule has 6 atom stereocenters. The van der Waals surface area contributed by atoms with E-state index in [-0.39, 0.29) is 47.8 Å². The number of carbonyl (C=O) groups excluding carboxylic acids is 4. The maximum atomic E-state index is 15.4. The number of carboxylic acid groups (broad SMARTS) is 1. The molecular formula is C37H31Cl2F3N4O9. The van der Waals surface area contributed by atoms with Crippen LogP contribution in [0.1, 0.15) is 41.9 Å². The summed E-state index contributed by atoms with van der Waals surface area (Å²) in [4.78, 5) is 74.1. The van der Waals surface area contributed by atoms with E-state index in [0.717, 1.165) is 4.90 Å². The van der Waals surface area contributed by atoms with E-state index in [0.29, 0.717) is 27.9 Å². The van der Waals surface area contributed by atoms with Crippen LogP contribution in [0.25, 0.3) is 0 Å². The normalized spacial score (nSPS) is 26.0. The number of phenolic OH excluding ortho intramolecular Hbond substituents is 1. The van der Waals surface area contributed by atoms with Crippen molar-refractivity contribution in [1.29, 1.82) is 0 Å². The molecule has 3 fully saturated rings. The first kappa shape index (κ1) is 37.9. The molecule has 1 saturated carbocycles. The second-order valence-corrected chi connectivity index (χ2v) is 14.5. The van der Waals surface area contributed by atoms with Gasteiger partial charge in [-0.1, -0.05) is 47.0 Å². The predicted octanol–water partition coefficient (Wildman–Crippen LogP) is 5.59. The van der Waals surface area contributed by atoms with Crippen molar-refractivity contribution in [3.05, 3.63) is 87.0 Å². The van der Waals surface area contributed by atoms with Crippen LogP contribution in [0.15, 0.2) is 60.3 Å². The number of hydrogen-bond acceptors (Lipinski definition) is 10. The van der Waals surface area contributed by atoms with Crippen molar-refractivity contribution in [3.63, 3.8) is 0 Å². The highest BCUT2D eigenvalue weighted by Crippen LogP contribution is 2.66. The van der Waals surface area contributed by atoms with Crippen LogP contribution in [0.5, 0.6) is 17.2 Å². The summed E-state index contributed by atoms with van der Waals surface area (Å²) in [6, 6.07) is 9.33. The number of pyridine rings is 1. The topological polar surface area (TPSA) is 176 Å². The Kier molecular flexibility index (Phi) is 9.48. The maximum Gasteiger partial charge on any atom is 0.417 e. The van der Waals surface area contributed by atoms with E-state index in [2.05, 4.69) is 10.4 Å². The third kappa shape index (κ3) is 5.93. The van der Waals surface area contributed by atoms with Crippen LogP contribution in [-0.4, -0.2) is 75.5 Å². The van der Waals surface area contributed by atoms with Crippen molar-refractivity contribution >= 4 is 58.6 Å². The predicted molar refractivity (Wildman–Crippen MR) is 187 cm³/mol. The van der Waals surface area contributed by atoms with Gasteiger partial charge in [-0.05, 0) is 42.5 Å². The Morgan fingerprint density at radius 1 is 1.00 bits per heavy atom. The first-order valence-electron chi connectivity index (χ1n) is 16.9. The molecule has 288 valence electrons. The molecule has 0 unspecified atom stereocenters. The van der Waals surface area contributed by atoms with Gasteiger partial charge in [-0.2, -0.15) is 18.2 Å². The van der Waals surface area contributed by atoms with Crippen molar-refractivity contribution in [1.82, 2.24) is 14.9 Å². The number of carbonyl (C=O) groups is 5. The molecule has 4 aliphatic rings. The molecule has 3 heterocycles. The molecule has 3 aromatic rings. The number of likely N-dealkylation sites (tertiary alicyclic amines) is 1. The minimum absolute atomic E-state index is 0.0282. The third-order valence-electron chi connectivity index (χ3n) is 11.0. The number of nitrogens with one attached hydrogen (secondary N) is 1. The Morgan fingerprint density at radius 3 is 2.24 bits per heavy atom. The number of amides is 4. The van der Waals surface area contributed by atoms with Crippen LogP contribution in [0, 0.1) is 23.7 Å². The van der Waals surface area contributed by atoms with Gasteiger partial charge in [-0.15, -0.1) is 0 Å². The summed E-state index contributed by atoms with van der Waals surface area (Å²) in [5.41, 5.74) is 0.459. The van der Waals surface area contributed by atoms with Gasteiger partial charge in [0, 0.05) is 41.4 Å². The van der Waals surface area contributed by atoms with Gasteiger partial charge in [0.05, 0.1) is 54.4 Å². The molecular weight excluding hydrogens is 772 g/mol. The average Bonchev–Trinajstić information content (AvgIpc) is 3.51. The molecule has 0 spiro atoms. The van der Waals surface area contributed by atoms with Gasteiger partial charge in [0.15, 0.2) is 5.82 Å². The van der Waals surface area contributed by atoms with E-state index < -0.39 is 93.6 Å². The monoisotopic (exact) mass is 802 g/mol. The van der Waals surface area contributed by atoms with Gasteiger partial charge < -0.3 is 19.7 Å². The number of halogens is 5. The van der Waals surface area contributed by atoms with Gasteiger partial charge >= 0.3 is 12.1 Å². The summed E-state index contributed by atoms with van der Waals surface area (Å²) in [5, 5.41) is 20.4. The van der Waals surface area contributed by atoms with Gasteiger partial charge in [0.2, 0.25) is 11.8 Å². The molecule has 2 aliphatic heterocycles. The minimum Gasteiger partial charge on any atom is -0.508 e. The Morgan fingerprint density at radius 2 is 1.65 bits per heavy atom. The highest BCUT2D eigenvalue weighted by atomic mass is 35.5. The summed E-state index contributed by atoms with van der Waals surface area (Å²) in [7, 11) is 2.64. The molecule has 1 aromatic heterocycles. The smallest absolute Gasteiger partial charge is 0.417 e. The lowest BCUT2D eigenvalue weighted by Gasteiger charge is -2.51. The zero-order valence-electron chi connectivity index (χ0n) is 28.9. The number of fused-ring (bicyclic) bond motifs is 4. The van der Waals surface area contributed by atoms with E-state index in [9.17, 15) is 42.6 Å². The van der Waals surface area contributed by atoms with E-state index in [1.165, 1.54) is 38.5 Å². The molecule has 2 saturated heterocycles. The van der Waals surface area contributed by atoms with Crippen molar-refractivity contribution < 1.29 is 56.8 Å². The fourth-order valence-corrected chi connectivity index (χ4v) is 9.13. The number of aromatic hydroxyl groups is 1. The molecule has 3 N–H and O–H groups in total. The van der Waals surface area contributed by atoms with Gasteiger partial charge in [-0.3, -0.25) is 34.3 Å². The second kappa shape index (κ2) is 13.7. The Balaban J connectivity index is 1.47. The minimum atomic E-state index is -4.79. The number of aliphatic carboxylic acids is 1. The number of methoxy groups -OCH3 is 2. The fraction of sp³-hybridized carbons (Fsp3) is 0.351. The highest BCUT2D eigenvalue weighted by molar-refractivity contribution is 6.33. The highest BCUT2D eigenvalue weighted by Gasteiger charge is 2.71. The number of imide groups is 2. The van der Waals surface area contributed by atoms with Crippen molar-refractivity contribution in [3.8, 4) is 17.2 Å². The number of hydrazine groups is 1. The number of anilines is 1. The lowest BCUT2D eigenvalue weighted by Crippen LogP contribution is -2.53. The number of carboxylic acids is 1. The average molecular weight is 804 g/mol. The van der Waals surface area contributed by atoms with Gasteiger partial charge in [-0.25, -0.2) is 4.98 Å². The van der Waals surface area contributed by atoms with E-state index in [1.54, 1.807) is 18.2 Å². The first-order valence-corrected chi connectivity index (χ1v) is 17.7. The number of allylic oxidation sites excluding steroid dienone is 2. The molecule has 18 heteroatoms. The largest absolute Gasteiger partial charge is 0.508 e. The number of rotatable bonds is 9. The Bertz CT molecular complexity index is 2160. The first-order chi connectivity index (χ1) is 26.0. The SMILES string of the molecule is COc1cc(O)cc(OC)c1[C@H]1C2=CC[C@@H]3C(=O)N(CCC(=O)O)C(=O)[C@@H]3[C@@H]2C[C@H]2C(=O)N(Nc3ncc(C(F)(F)F)cc3Cl)C(=O)[C@@]12c1ccc(Cl)cc1. The summed E-state index contributed by atoms with van der Waals surface area (Å²) in [5.74, 6) is -10.0. The summed E-state index contributed by atoms with van der Waals surface area (Å²) < 4.78 is 52.0. The number of alkyl halides is 3. The van der Waals surface area contributed by atoms with Crippen LogP contribution >= 0.6 is 23.2 Å². The number of aromatic nitrogens is 1. The van der Waals surface area contributed by atoms with Crippen LogP contribution in [0.3, 0.4) is 0 Å². The lowest BCUT2D eigenvalue weighted by molar-refractivity contribution is -0.143. The van der Waals surface area contributed by atoms with Gasteiger partial charge in [0.25, 0.3) is 11.8 Å². The van der Waals surface area contributed by atoms with E-state index in [1.807, 2.05) is 0 Å². The van der Waals surface area contributed by atoms with Crippen LogP contribution in [-0.2, 0) is 35.6 Å². The molecule has 2 aromatic carbocycles. The fourth-order valence-electron chi connectivity index (χ4n) is 8.80. The van der Waals surface area contributed by atoms with Gasteiger partial charge in [0.1, 0.15) is 17.2 Å². The van der Waals surface area contributed by atoms with Crippen molar-refractivity contribution in [2.24, 2.45) is 23.7 Å². The summed E-state index contributed by atoms with van der Waals surface area (Å²) in [6.07, 6.45) is -3.18. The molecule has 7 rings (SSSR count). The third-order valence-corrected chi connectivity index (χ3v) is 11.6. The number of nitrogens with zero attached hydrogens (tertiary/aromatic N) is 3. The number of ether oxygens (including phenoxy) is 2. The zero-order chi connectivity index (χ0) is 39.7. The second-order valence-electron chi connectivity index (χ2n) is 13.7. The molecule has 55 heavy (non-hydrogen) atoms. The molecule has 13 nitrogen and oxygen atoms in total. The van der Waals surface area contributed by atoms with Crippen LogP contribution in [0.4, 0.5) is 19.0 Å². The quantitative estimate of drug-likeness (QED) is 0.182. The number of phenols is 1.